The summed E-state index contributed by atoms with van der Waals surface area (Å²) in [6.07, 6.45) is 9.81. The summed E-state index contributed by atoms with van der Waals surface area (Å²) in [4.78, 5) is 0. The molecule has 0 N–H and O–H groups in total. The molecule has 0 radical (unpaired) electrons. The number of rotatable bonds is 8. The highest BCUT2D eigenvalue weighted by atomic mass is 14.1. The Kier molecular flexibility index (Phi) is 6.69. The second-order valence-electron chi connectivity index (χ2n) is 5.08. The zero-order chi connectivity index (χ0) is 12.5. The Morgan fingerprint density at radius 3 is 2.47 bits per heavy atom. The van der Waals surface area contributed by atoms with E-state index in [1.54, 1.807) is 0 Å². The van der Waals surface area contributed by atoms with Gasteiger partial charge in [0, 0.05) is 0 Å². The van der Waals surface area contributed by atoms with E-state index in [0.29, 0.717) is 0 Å². The van der Waals surface area contributed by atoms with Crippen molar-refractivity contribution in [3.63, 3.8) is 0 Å². The predicted octanol–water partition coefficient (Wildman–Crippen LogP) is 5.31. The lowest BCUT2D eigenvalue weighted by Gasteiger charge is -2.15. The van der Waals surface area contributed by atoms with E-state index in [2.05, 4.69) is 50.8 Å². The van der Waals surface area contributed by atoms with E-state index in [1.165, 1.54) is 43.2 Å². The van der Waals surface area contributed by atoms with Gasteiger partial charge in [-0.1, -0.05) is 62.1 Å². The molecule has 0 heteroatoms. The van der Waals surface area contributed by atoms with E-state index in [9.17, 15) is 0 Å². The normalized spacial score (nSPS) is 12.4. The molecule has 0 saturated heterocycles. The van der Waals surface area contributed by atoms with Crippen molar-refractivity contribution in [3.05, 3.63) is 48.0 Å². The van der Waals surface area contributed by atoms with Crippen LogP contribution in [-0.4, -0.2) is 0 Å². The van der Waals surface area contributed by atoms with Crippen LogP contribution in [0, 0.1) is 12.8 Å². The fourth-order valence-corrected chi connectivity index (χ4v) is 2.28. The monoisotopic (exact) mass is 230 g/mol. The molecule has 0 aromatic heterocycles. The summed E-state index contributed by atoms with van der Waals surface area (Å²) in [7, 11) is 0. The topological polar surface area (TPSA) is 0 Å². The molecule has 0 spiro atoms. The molecule has 1 atom stereocenters. The quantitative estimate of drug-likeness (QED) is 0.419. The van der Waals surface area contributed by atoms with Crippen LogP contribution >= 0.6 is 0 Å². The van der Waals surface area contributed by atoms with E-state index < -0.39 is 0 Å². The Labute approximate surface area is 107 Å². The van der Waals surface area contributed by atoms with Gasteiger partial charge in [0.05, 0.1) is 0 Å². The summed E-state index contributed by atoms with van der Waals surface area (Å²) < 4.78 is 0. The van der Waals surface area contributed by atoms with Crippen molar-refractivity contribution in [1.82, 2.24) is 0 Å². The van der Waals surface area contributed by atoms with Gasteiger partial charge in [-0.2, -0.15) is 0 Å². The molecule has 1 unspecified atom stereocenters. The van der Waals surface area contributed by atoms with E-state index in [1.807, 2.05) is 0 Å². The van der Waals surface area contributed by atoms with Crippen molar-refractivity contribution in [3.8, 4) is 0 Å². The Morgan fingerprint density at radius 2 is 1.88 bits per heavy atom. The molecule has 94 valence electrons. The highest BCUT2D eigenvalue weighted by Gasteiger charge is 2.07. The molecule has 0 aliphatic carbocycles. The third kappa shape index (κ3) is 5.72. The van der Waals surface area contributed by atoms with Gasteiger partial charge in [-0.3, -0.25) is 0 Å². The molecule has 0 bridgehead atoms. The van der Waals surface area contributed by atoms with Gasteiger partial charge in [0.15, 0.2) is 0 Å². The zero-order valence-corrected chi connectivity index (χ0v) is 11.4. The molecule has 1 aromatic rings. The average molecular weight is 230 g/mol. The minimum atomic E-state index is 0.779. The van der Waals surface area contributed by atoms with Gasteiger partial charge in [0.25, 0.3) is 0 Å². The maximum Gasteiger partial charge on any atom is -0.0247 e. The predicted molar refractivity (Wildman–Crippen MR) is 77.3 cm³/mol. The number of hydrogen-bond donors (Lipinski definition) is 0. The minimum Gasteiger partial charge on any atom is -0.103 e. The molecule has 0 nitrogen and oxygen atoms in total. The number of allylic oxidation sites excluding steroid dienone is 1. The lowest BCUT2D eigenvalue weighted by atomic mass is 9.91. The fourth-order valence-electron chi connectivity index (χ4n) is 2.28. The summed E-state index contributed by atoms with van der Waals surface area (Å²) in [5, 5.41) is 0. The van der Waals surface area contributed by atoms with Crippen LogP contribution in [0.5, 0.6) is 0 Å². The summed E-state index contributed by atoms with van der Waals surface area (Å²) in [5.41, 5.74) is 2.82. The molecular weight excluding hydrogens is 204 g/mol. The SMILES string of the molecule is C=CCC(CCCCC)Cc1ccc(C)cc1. The molecular formula is C17H26. The van der Waals surface area contributed by atoms with Crippen LogP contribution in [0.15, 0.2) is 36.9 Å². The average Bonchev–Trinajstić information content (AvgIpc) is 2.32. The Bertz CT molecular complexity index is 307. The molecule has 17 heavy (non-hydrogen) atoms. The molecule has 1 aromatic carbocycles. The lowest BCUT2D eigenvalue weighted by molar-refractivity contribution is 0.460. The van der Waals surface area contributed by atoms with Gasteiger partial charge >= 0.3 is 0 Å². The van der Waals surface area contributed by atoms with Crippen molar-refractivity contribution in [1.29, 1.82) is 0 Å². The van der Waals surface area contributed by atoms with Gasteiger partial charge in [-0.25, -0.2) is 0 Å². The highest BCUT2D eigenvalue weighted by molar-refractivity contribution is 5.21. The fraction of sp³-hybridized carbons (Fsp3) is 0.529. The van der Waals surface area contributed by atoms with Gasteiger partial charge in [0.2, 0.25) is 0 Å². The van der Waals surface area contributed by atoms with Gasteiger partial charge in [-0.15, -0.1) is 6.58 Å². The minimum absolute atomic E-state index is 0.779. The van der Waals surface area contributed by atoms with Gasteiger partial charge in [-0.05, 0) is 37.7 Å². The first-order valence-electron chi connectivity index (χ1n) is 6.92. The number of aryl methyl sites for hydroxylation is 1. The van der Waals surface area contributed by atoms with Crippen LogP contribution in [0.1, 0.15) is 50.2 Å². The molecule has 0 aliphatic rings. The van der Waals surface area contributed by atoms with E-state index in [-0.39, 0.29) is 0 Å². The van der Waals surface area contributed by atoms with Crippen LogP contribution in [0.3, 0.4) is 0 Å². The van der Waals surface area contributed by atoms with Crippen LogP contribution in [-0.2, 0) is 6.42 Å². The Morgan fingerprint density at radius 1 is 1.18 bits per heavy atom. The van der Waals surface area contributed by atoms with Crippen molar-refractivity contribution in [2.45, 2.75) is 52.4 Å². The molecule has 0 saturated carbocycles. The largest absolute Gasteiger partial charge is 0.103 e. The molecule has 0 aliphatic heterocycles. The van der Waals surface area contributed by atoms with E-state index in [0.717, 1.165) is 12.3 Å². The molecule has 0 amide bonds. The van der Waals surface area contributed by atoms with Crippen molar-refractivity contribution < 1.29 is 0 Å². The first kappa shape index (κ1) is 14.0. The summed E-state index contributed by atoms with van der Waals surface area (Å²) >= 11 is 0. The zero-order valence-electron chi connectivity index (χ0n) is 11.4. The van der Waals surface area contributed by atoms with Crippen LogP contribution in [0.2, 0.25) is 0 Å². The van der Waals surface area contributed by atoms with Crippen LogP contribution in [0.4, 0.5) is 0 Å². The highest BCUT2D eigenvalue weighted by Crippen LogP contribution is 2.20. The van der Waals surface area contributed by atoms with Gasteiger partial charge < -0.3 is 0 Å². The third-order valence-corrected chi connectivity index (χ3v) is 3.36. The third-order valence-electron chi connectivity index (χ3n) is 3.36. The van der Waals surface area contributed by atoms with Crippen LogP contribution < -0.4 is 0 Å². The first-order chi connectivity index (χ1) is 8.26. The van der Waals surface area contributed by atoms with E-state index >= 15 is 0 Å². The first-order valence-corrected chi connectivity index (χ1v) is 6.92. The Hall–Kier alpha value is -1.04. The van der Waals surface area contributed by atoms with Crippen molar-refractivity contribution >= 4 is 0 Å². The van der Waals surface area contributed by atoms with Crippen molar-refractivity contribution in [2.24, 2.45) is 5.92 Å². The summed E-state index contributed by atoms with van der Waals surface area (Å²) in [6.45, 7) is 8.30. The lowest BCUT2D eigenvalue weighted by Crippen LogP contribution is -2.04. The maximum atomic E-state index is 3.88. The number of benzene rings is 1. The van der Waals surface area contributed by atoms with Crippen LogP contribution in [0.25, 0.3) is 0 Å². The van der Waals surface area contributed by atoms with Gasteiger partial charge in [0.1, 0.15) is 0 Å². The smallest absolute Gasteiger partial charge is 0.0247 e. The number of unbranched alkanes of at least 4 members (excludes halogenated alkanes) is 2. The second-order valence-corrected chi connectivity index (χ2v) is 5.08. The Balaban J connectivity index is 2.47. The second kappa shape index (κ2) is 8.11. The molecule has 1 rings (SSSR count). The molecule has 0 fully saturated rings. The summed E-state index contributed by atoms with van der Waals surface area (Å²) in [6, 6.07) is 8.97. The summed E-state index contributed by atoms with van der Waals surface area (Å²) in [5.74, 6) is 0.779. The molecule has 0 heterocycles. The maximum absolute atomic E-state index is 3.88. The van der Waals surface area contributed by atoms with Crippen molar-refractivity contribution in [2.75, 3.05) is 0 Å². The standard InChI is InChI=1S/C17H26/c1-4-6-7-9-16(8-5-2)14-17-12-10-15(3)11-13-17/h5,10-13,16H,2,4,6-9,14H2,1,3H3. The number of hydrogen-bond acceptors (Lipinski definition) is 0. The van der Waals surface area contributed by atoms with E-state index in [4.69, 9.17) is 0 Å².